The van der Waals surface area contributed by atoms with Crippen molar-refractivity contribution in [3.63, 3.8) is 0 Å². The third-order valence-electron chi connectivity index (χ3n) is 4.46. The predicted octanol–water partition coefficient (Wildman–Crippen LogP) is 3.61. The normalized spacial score (nSPS) is 14.1. The van der Waals surface area contributed by atoms with Gasteiger partial charge in [-0.05, 0) is 48.0 Å². The number of imide groups is 1. The molecule has 4 rings (SSSR count). The van der Waals surface area contributed by atoms with Gasteiger partial charge in [0.15, 0.2) is 0 Å². The first-order chi connectivity index (χ1) is 12.8. The fourth-order valence-electron chi connectivity index (χ4n) is 3.27. The number of carbonyl (C=O) groups is 2. The molecule has 6 nitrogen and oxygen atoms in total. The number of rotatable bonds is 3. The van der Waals surface area contributed by atoms with Crippen molar-refractivity contribution in [2.24, 2.45) is 0 Å². The molecule has 3 aromatic carbocycles. The van der Waals surface area contributed by atoms with E-state index in [0.29, 0.717) is 16.5 Å². The van der Waals surface area contributed by atoms with Crippen LogP contribution in [0.3, 0.4) is 0 Å². The Hall–Kier alpha value is -2.68. The van der Waals surface area contributed by atoms with Gasteiger partial charge < -0.3 is 0 Å². The Labute approximate surface area is 159 Å². The van der Waals surface area contributed by atoms with Crippen LogP contribution in [0.1, 0.15) is 20.7 Å². The van der Waals surface area contributed by atoms with Crippen LogP contribution in [0.5, 0.6) is 0 Å². The van der Waals surface area contributed by atoms with Crippen molar-refractivity contribution >= 4 is 50.2 Å². The second-order valence-corrected chi connectivity index (χ2v) is 8.23. The van der Waals surface area contributed by atoms with Crippen LogP contribution in [0.2, 0.25) is 0 Å². The molecule has 0 radical (unpaired) electrons. The molecule has 1 heterocycles. The summed E-state index contributed by atoms with van der Waals surface area (Å²) in [6.45, 7) is 0. The number of nitrogens with zero attached hydrogens (tertiary/aromatic N) is 1. The molecule has 27 heavy (non-hydrogen) atoms. The van der Waals surface area contributed by atoms with Crippen LogP contribution >= 0.6 is 11.8 Å². The van der Waals surface area contributed by atoms with Crippen molar-refractivity contribution in [3.8, 4) is 0 Å². The first kappa shape index (κ1) is 17.7. The zero-order chi connectivity index (χ0) is 19.3. The van der Waals surface area contributed by atoms with E-state index >= 15 is 0 Å². The van der Waals surface area contributed by atoms with Crippen molar-refractivity contribution in [1.82, 2.24) is 0 Å². The summed E-state index contributed by atoms with van der Waals surface area (Å²) in [5.41, 5.74) is 0.822. The molecule has 136 valence electrons. The number of carbonyl (C=O) groups excluding carboxylic acids is 2. The van der Waals surface area contributed by atoms with Crippen LogP contribution in [0.25, 0.3) is 10.8 Å². The van der Waals surface area contributed by atoms with Gasteiger partial charge in [0.1, 0.15) is 0 Å². The fraction of sp³-hybridized carbons (Fsp3) is 0.0526. The van der Waals surface area contributed by atoms with Crippen molar-refractivity contribution in [2.45, 2.75) is 9.79 Å². The van der Waals surface area contributed by atoms with Gasteiger partial charge in [0.2, 0.25) is 0 Å². The summed E-state index contributed by atoms with van der Waals surface area (Å²) in [6.07, 6.45) is 1.92. The predicted molar refractivity (Wildman–Crippen MR) is 103 cm³/mol. The van der Waals surface area contributed by atoms with Gasteiger partial charge in [0.05, 0.1) is 10.6 Å². The molecule has 8 heteroatoms. The molecule has 3 aromatic rings. The Balaban J connectivity index is 1.95. The van der Waals surface area contributed by atoms with E-state index in [2.05, 4.69) is 0 Å². The molecule has 0 aromatic heterocycles. The molecule has 0 saturated carbocycles. The fourth-order valence-corrected chi connectivity index (χ4v) is 4.38. The molecule has 0 saturated heterocycles. The summed E-state index contributed by atoms with van der Waals surface area (Å²) >= 11 is 1.52. The minimum Gasteiger partial charge on any atom is -0.282 e. The smallest absolute Gasteiger partial charge is 0.282 e. The van der Waals surface area contributed by atoms with Crippen LogP contribution in [0, 0.1) is 0 Å². The first-order valence-electron chi connectivity index (χ1n) is 7.89. The number of amides is 2. The minimum absolute atomic E-state index is 0.0803. The molecule has 0 fully saturated rings. The van der Waals surface area contributed by atoms with E-state index in [0.717, 1.165) is 21.2 Å². The maximum Gasteiger partial charge on any atom is 0.294 e. The highest BCUT2D eigenvalue weighted by molar-refractivity contribution is 7.98. The summed E-state index contributed by atoms with van der Waals surface area (Å²) in [6, 6.07) is 13.9. The van der Waals surface area contributed by atoms with E-state index in [1.165, 1.54) is 30.0 Å². The topological polar surface area (TPSA) is 91.8 Å². The number of benzene rings is 3. The highest BCUT2D eigenvalue weighted by Crippen LogP contribution is 2.37. The Bertz CT molecular complexity index is 1210. The van der Waals surface area contributed by atoms with Crippen molar-refractivity contribution < 1.29 is 22.6 Å². The Morgan fingerprint density at radius 3 is 2.26 bits per heavy atom. The van der Waals surface area contributed by atoms with Gasteiger partial charge in [0.25, 0.3) is 21.9 Å². The maximum absolute atomic E-state index is 13.1. The van der Waals surface area contributed by atoms with Crippen LogP contribution < -0.4 is 4.90 Å². The Morgan fingerprint density at radius 2 is 1.59 bits per heavy atom. The van der Waals surface area contributed by atoms with Crippen molar-refractivity contribution in [2.75, 3.05) is 11.2 Å². The van der Waals surface area contributed by atoms with Crippen molar-refractivity contribution in [3.05, 3.63) is 65.7 Å². The molecular weight excluding hydrogens is 386 g/mol. The van der Waals surface area contributed by atoms with Crippen LogP contribution in [-0.4, -0.2) is 31.0 Å². The van der Waals surface area contributed by atoms with Gasteiger partial charge in [0, 0.05) is 21.4 Å². The van der Waals surface area contributed by atoms with E-state index < -0.39 is 21.9 Å². The summed E-state index contributed by atoms with van der Waals surface area (Å²) in [7, 11) is -4.46. The number of hydrogen-bond donors (Lipinski definition) is 1. The standard InChI is InChI=1S/C19H13NO5S2/c1-26-16-9-8-15-17-13(16)6-3-7-14(17)18(21)20(19(15)22)11-4-2-5-12(10-11)27(23,24)25/h2-10H,1H3,(H,23,24,25). The zero-order valence-corrected chi connectivity index (χ0v) is 15.7. The summed E-state index contributed by atoms with van der Waals surface area (Å²) < 4.78 is 32.1. The summed E-state index contributed by atoms with van der Waals surface area (Å²) in [4.78, 5) is 27.6. The first-order valence-corrected chi connectivity index (χ1v) is 10.6. The summed E-state index contributed by atoms with van der Waals surface area (Å²) in [5.74, 6) is -1.08. The van der Waals surface area contributed by atoms with Crippen molar-refractivity contribution in [1.29, 1.82) is 0 Å². The van der Waals surface area contributed by atoms with Gasteiger partial charge in [-0.3, -0.25) is 14.1 Å². The van der Waals surface area contributed by atoms with Gasteiger partial charge >= 0.3 is 0 Å². The average Bonchev–Trinajstić information content (AvgIpc) is 2.65. The van der Waals surface area contributed by atoms with Gasteiger partial charge in [-0.2, -0.15) is 8.42 Å². The second kappa shape index (κ2) is 6.19. The molecule has 1 aliphatic heterocycles. The molecule has 2 amide bonds. The van der Waals surface area contributed by atoms with Gasteiger partial charge in [-0.25, -0.2) is 4.90 Å². The minimum atomic E-state index is -4.46. The molecular formula is C19H13NO5S2. The van der Waals surface area contributed by atoms with E-state index in [1.54, 1.807) is 18.2 Å². The number of thioether (sulfide) groups is 1. The quantitative estimate of drug-likeness (QED) is 0.411. The SMILES string of the molecule is CSc1ccc2c3c(cccc13)C(=O)N(c1cccc(S(=O)(=O)O)c1)C2=O. The number of anilines is 1. The molecule has 0 bridgehead atoms. The van der Waals surface area contributed by atoms with Gasteiger partial charge in [-0.1, -0.05) is 18.2 Å². The molecule has 1 aliphatic rings. The van der Waals surface area contributed by atoms with E-state index in [9.17, 15) is 22.6 Å². The van der Waals surface area contributed by atoms with Crippen LogP contribution in [0.4, 0.5) is 5.69 Å². The lowest BCUT2D eigenvalue weighted by atomic mass is 9.93. The monoisotopic (exact) mass is 399 g/mol. The molecule has 0 unspecified atom stereocenters. The molecule has 0 aliphatic carbocycles. The van der Waals surface area contributed by atoms with Crippen LogP contribution in [0.15, 0.2) is 64.4 Å². The lowest BCUT2D eigenvalue weighted by Crippen LogP contribution is -2.40. The maximum atomic E-state index is 13.1. The van der Waals surface area contributed by atoms with Crippen LogP contribution in [-0.2, 0) is 10.1 Å². The third-order valence-corrected chi connectivity index (χ3v) is 6.11. The van der Waals surface area contributed by atoms with Gasteiger partial charge in [-0.15, -0.1) is 11.8 Å². The van der Waals surface area contributed by atoms with E-state index in [4.69, 9.17) is 0 Å². The van der Waals surface area contributed by atoms with E-state index in [-0.39, 0.29) is 10.6 Å². The second-order valence-electron chi connectivity index (χ2n) is 5.96. The Morgan fingerprint density at radius 1 is 0.926 bits per heavy atom. The zero-order valence-electron chi connectivity index (χ0n) is 14.0. The molecule has 1 N–H and O–H groups in total. The average molecular weight is 399 g/mol. The molecule has 0 atom stereocenters. The number of hydrogen-bond acceptors (Lipinski definition) is 5. The molecule has 0 spiro atoms. The largest absolute Gasteiger partial charge is 0.294 e. The highest BCUT2D eigenvalue weighted by atomic mass is 32.2. The van der Waals surface area contributed by atoms with E-state index in [1.807, 2.05) is 18.4 Å². The Kier molecular flexibility index (Phi) is 4.06. The lowest BCUT2D eigenvalue weighted by molar-refractivity contribution is 0.0893. The summed E-state index contributed by atoms with van der Waals surface area (Å²) in [5, 5.41) is 1.42. The third kappa shape index (κ3) is 2.73. The highest BCUT2D eigenvalue weighted by Gasteiger charge is 2.34. The lowest BCUT2D eigenvalue weighted by Gasteiger charge is -2.27.